The number of carboxylic acid groups (broad SMARTS) is 1. The van der Waals surface area contributed by atoms with Crippen LogP contribution in [0.3, 0.4) is 0 Å². The fraction of sp³-hybridized carbons (Fsp3) is 0.500. The van der Waals surface area contributed by atoms with Gasteiger partial charge in [-0.25, -0.2) is 9.97 Å². The van der Waals surface area contributed by atoms with Crippen LogP contribution in [-0.4, -0.2) is 21.0 Å². The lowest BCUT2D eigenvalue weighted by atomic mass is 10.1. The third kappa shape index (κ3) is 3.51. The van der Waals surface area contributed by atoms with Crippen LogP contribution in [0.2, 0.25) is 0 Å². The lowest BCUT2D eigenvalue weighted by Crippen LogP contribution is -2.05. The number of rotatable bonds is 4. The molecule has 1 aromatic heterocycles. The molecular formula is C10H14N2O2. The number of aromatic nitrogens is 2. The van der Waals surface area contributed by atoms with Gasteiger partial charge in [-0.05, 0) is 18.4 Å². The van der Waals surface area contributed by atoms with Crippen LogP contribution in [-0.2, 0) is 17.6 Å². The molecule has 4 heteroatoms. The Bertz CT molecular complexity index is 324. The third-order valence-electron chi connectivity index (χ3n) is 1.73. The number of hydrogen-bond acceptors (Lipinski definition) is 3. The van der Waals surface area contributed by atoms with Gasteiger partial charge >= 0.3 is 5.97 Å². The summed E-state index contributed by atoms with van der Waals surface area (Å²) in [6.45, 7) is 4.19. The highest BCUT2D eigenvalue weighted by molar-refractivity contribution is 5.69. The summed E-state index contributed by atoms with van der Waals surface area (Å²) in [4.78, 5) is 18.4. The molecule has 0 atom stereocenters. The Hall–Kier alpha value is -1.45. The van der Waals surface area contributed by atoms with E-state index in [-0.39, 0.29) is 6.42 Å². The minimum Gasteiger partial charge on any atom is -0.481 e. The van der Waals surface area contributed by atoms with Crippen LogP contribution in [0.25, 0.3) is 0 Å². The maximum Gasteiger partial charge on any atom is 0.309 e. The lowest BCUT2D eigenvalue weighted by Gasteiger charge is -2.04. The van der Waals surface area contributed by atoms with E-state index in [0.717, 1.165) is 12.1 Å². The Labute approximate surface area is 83.0 Å². The fourth-order valence-corrected chi connectivity index (χ4v) is 1.23. The van der Waals surface area contributed by atoms with E-state index in [2.05, 4.69) is 23.8 Å². The molecule has 0 radical (unpaired) electrons. The first-order chi connectivity index (χ1) is 6.58. The molecule has 0 unspecified atom stereocenters. The summed E-state index contributed by atoms with van der Waals surface area (Å²) < 4.78 is 0. The molecule has 76 valence electrons. The number of aliphatic carboxylic acids is 1. The largest absolute Gasteiger partial charge is 0.481 e. The van der Waals surface area contributed by atoms with Crippen molar-refractivity contribution < 1.29 is 9.90 Å². The second kappa shape index (κ2) is 4.69. The highest BCUT2D eigenvalue weighted by Gasteiger charge is 2.04. The Morgan fingerprint density at radius 1 is 1.43 bits per heavy atom. The van der Waals surface area contributed by atoms with Crippen LogP contribution >= 0.6 is 0 Å². The Morgan fingerprint density at radius 2 is 2.07 bits per heavy atom. The predicted octanol–water partition coefficient (Wildman–Crippen LogP) is 1.30. The van der Waals surface area contributed by atoms with Gasteiger partial charge in [0.25, 0.3) is 0 Å². The summed E-state index contributed by atoms with van der Waals surface area (Å²) in [7, 11) is 0. The van der Waals surface area contributed by atoms with Crippen molar-refractivity contribution in [3.8, 4) is 0 Å². The summed E-state index contributed by atoms with van der Waals surface area (Å²) in [6.07, 6.45) is 2.25. The lowest BCUT2D eigenvalue weighted by molar-refractivity contribution is -0.136. The van der Waals surface area contributed by atoms with Crippen LogP contribution in [0, 0.1) is 5.92 Å². The van der Waals surface area contributed by atoms with Gasteiger partial charge in [0.2, 0.25) is 0 Å². The van der Waals surface area contributed by atoms with Crippen molar-refractivity contribution in [1.82, 2.24) is 9.97 Å². The smallest absolute Gasteiger partial charge is 0.309 e. The quantitative estimate of drug-likeness (QED) is 0.784. The van der Waals surface area contributed by atoms with Crippen molar-refractivity contribution in [2.24, 2.45) is 5.92 Å². The normalized spacial score (nSPS) is 10.5. The maximum atomic E-state index is 10.4. The van der Waals surface area contributed by atoms with Gasteiger partial charge in [-0.15, -0.1) is 0 Å². The van der Waals surface area contributed by atoms with E-state index in [1.165, 1.54) is 6.33 Å². The second-order valence-electron chi connectivity index (χ2n) is 3.67. The molecule has 0 aliphatic carbocycles. The summed E-state index contributed by atoms with van der Waals surface area (Å²) in [5.41, 5.74) is 1.48. The van der Waals surface area contributed by atoms with Gasteiger partial charge in [0, 0.05) is 5.69 Å². The van der Waals surface area contributed by atoms with Crippen LogP contribution in [0.15, 0.2) is 12.4 Å². The van der Waals surface area contributed by atoms with Crippen molar-refractivity contribution in [1.29, 1.82) is 0 Å². The van der Waals surface area contributed by atoms with E-state index >= 15 is 0 Å². The van der Waals surface area contributed by atoms with E-state index in [9.17, 15) is 4.79 Å². The zero-order valence-corrected chi connectivity index (χ0v) is 8.40. The van der Waals surface area contributed by atoms with Gasteiger partial charge in [-0.1, -0.05) is 13.8 Å². The monoisotopic (exact) mass is 194 g/mol. The molecule has 0 aliphatic heterocycles. The first-order valence-electron chi connectivity index (χ1n) is 4.59. The molecule has 0 aromatic carbocycles. The molecule has 0 fully saturated rings. The van der Waals surface area contributed by atoms with Crippen molar-refractivity contribution >= 4 is 5.97 Å². The van der Waals surface area contributed by atoms with Crippen molar-refractivity contribution in [3.63, 3.8) is 0 Å². The summed E-state index contributed by atoms with van der Waals surface area (Å²) in [6, 6.07) is 1.76. The molecule has 1 rings (SSSR count). The van der Waals surface area contributed by atoms with Gasteiger partial charge in [-0.3, -0.25) is 4.79 Å². The minimum atomic E-state index is -0.862. The Kier molecular flexibility index (Phi) is 3.56. The molecule has 0 saturated carbocycles. The number of carbonyl (C=O) groups is 1. The van der Waals surface area contributed by atoms with Gasteiger partial charge in [0.1, 0.15) is 6.33 Å². The van der Waals surface area contributed by atoms with Gasteiger partial charge in [0.15, 0.2) is 0 Å². The van der Waals surface area contributed by atoms with E-state index < -0.39 is 5.97 Å². The van der Waals surface area contributed by atoms with E-state index in [1.807, 2.05) is 0 Å². The SMILES string of the molecule is CC(C)Cc1cc(CC(=O)O)ncn1. The first-order valence-corrected chi connectivity index (χ1v) is 4.59. The highest BCUT2D eigenvalue weighted by Crippen LogP contribution is 2.06. The van der Waals surface area contributed by atoms with E-state index in [1.54, 1.807) is 6.07 Å². The molecule has 1 N–H and O–H groups in total. The molecule has 4 nitrogen and oxygen atoms in total. The van der Waals surface area contributed by atoms with Crippen LogP contribution in [0.4, 0.5) is 0 Å². The number of carboxylic acids is 1. The minimum absolute atomic E-state index is 0.0341. The van der Waals surface area contributed by atoms with E-state index in [0.29, 0.717) is 11.6 Å². The van der Waals surface area contributed by atoms with Gasteiger partial charge in [-0.2, -0.15) is 0 Å². The number of nitrogens with zero attached hydrogens (tertiary/aromatic N) is 2. The zero-order chi connectivity index (χ0) is 10.6. The topological polar surface area (TPSA) is 63.1 Å². The molecular weight excluding hydrogens is 180 g/mol. The molecule has 0 aliphatic rings. The highest BCUT2D eigenvalue weighted by atomic mass is 16.4. The second-order valence-corrected chi connectivity index (χ2v) is 3.67. The standard InChI is InChI=1S/C10H14N2O2/c1-7(2)3-8-4-9(5-10(13)14)12-6-11-8/h4,6-7H,3,5H2,1-2H3,(H,13,14). The van der Waals surface area contributed by atoms with Crippen molar-refractivity contribution in [2.75, 3.05) is 0 Å². The molecule has 1 heterocycles. The van der Waals surface area contributed by atoms with Crippen LogP contribution in [0.1, 0.15) is 25.2 Å². The Balaban J connectivity index is 2.73. The molecule has 0 amide bonds. The average Bonchev–Trinajstić information content (AvgIpc) is 2.01. The fourth-order valence-electron chi connectivity index (χ4n) is 1.23. The first kappa shape index (κ1) is 10.6. The third-order valence-corrected chi connectivity index (χ3v) is 1.73. The molecule has 0 spiro atoms. The number of hydrogen-bond donors (Lipinski definition) is 1. The van der Waals surface area contributed by atoms with Gasteiger partial charge in [0.05, 0.1) is 12.1 Å². The molecule has 0 saturated heterocycles. The predicted molar refractivity (Wildman–Crippen MR) is 51.9 cm³/mol. The van der Waals surface area contributed by atoms with Crippen molar-refractivity contribution in [3.05, 3.63) is 23.8 Å². The van der Waals surface area contributed by atoms with Gasteiger partial charge < -0.3 is 5.11 Å². The summed E-state index contributed by atoms with van der Waals surface area (Å²) in [5.74, 6) is -0.346. The Morgan fingerprint density at radius 3 is 2.64 bits per heavy atom. The van der Waals surface area contributed by atoms with Crippen LogP contribution < -0.4 is 0 Å². The molecule has 1 aromatic rings. The maximum absolute atomic E-state index is 10.4. The summed E-state index contributed by atoms with van der Waals surface area (Å²) >= 11 is 0. The zero-order valence-electron chi connectivity index (χ0n) is 8.40. The van der Waals surface area contributed by atoms with E-state index in [4.69, 9.17) is 5.11 Å². The average molecular weight is 194 g/mol. The van der Waals surface area contributed by atoms with Crippen molar-refractivity contribution in [2.45, 2.75) is 26.7 Å². The molecule has 0 bridgehead atoms. The molecule has 14 heavy (non-hydrogen) atoms. The summed E-state index contributed by atoms with van der Waals surface area (Å²) in [5, 5.41) is 8.58. The van der Waals surface area contributed by atoms with Crippen LogP contribution in [0.5, 0.6) is 0 Å².